The van der Waals surface area contributed by atoms with Gasteiger partial charge in [-0.3, -0.25) is 9.52 Å². The number of aryl methyl sites for hydroxylation is 1. The average Bonchev–Trinajstić information content (AvgIpc) is 3.17. The Kier molecular flexibility index (Phi) is 4.85. The van der Waals surface area contributed by atoms with Gasteiger partial charge in [-0.15, -0.1) is 0 Å². The highest BCUT2D eigenvalue weighted by atomic mass is 32.2. The average molecular weight is 410 g/mol. The number of anilines is 2. The monoisotopic (exact) mass is 410 g/mol. The number of para-hydroxylation sites is 1. The molecule has 0 aromatic heterocycles. The van der Waals surface area contributed by atoms with Crippen molar-refractivity contribution in [3.05, 3.63) is 77.9 Å². The first-order valence-corrected chi connectivity index (χ1v) is 10.3. The topological polar surface area (TPSA) is 93.7 Å². The van der Waals surface area contributed by atoms with E-state index in [0.717, 1.165) is 5.56 Å². The van der Waals surface area contributed by atoms with Crippen molar-refractivity contribution in [2.45, 2.75) is 11.8 Å². The van der Waals surface area contributed by atoms with Crippen LogP contribution in [0, 0.1) is 6.92 Å². The number of ether oxygens (including phenoxy) is 2. The van der Waals surface area contributed by atoms with Crippen molar-refractivity contribution in [3.8, 4) is 11.5 Å². The maximum absolute atomic E-state index is 12.7. The van der Waals surface area contributed by atoms with Crippen LogP contribution in [-0.4, -0.2) is 21.1 Å². The fraction of sp³-hybridized carbons (Fsp3) is 0.0952. The fourth-order valence-corrected chi connectivity index (χ4v) is 4.05. The molecule has 148 valence electrons. The Morgan fingerprint density at radius 3 is 2.55 bits per heavy atom. The largest absolute Gasteiger partial charge is 0.454 e. The quantitative estimate of drug-likeness (QED) is 0.668. The van der Waals surface area contributed by atoms with Gasteiger partial charge >= 0.3 is 0 Å². The summed E-state index contributed by atoms with van der Waals surface area (Å²) in [6.07, 6.45) is 0. The zero-order valence-corrected chi connectivity index (χ0v) is 16.3. The number of carbonyl (C=O) groups is 1. The number of rotatable bonds is 5. The fourth-order valence-electron chi connectivity index (χ4n) is 2.87. The van der Waals surface area contributed by atoms with Gasteiger partial charge in [-0.25, -0.2) is 8.42 Å². The van der Waals surface area contributed by atoms with Gasteiger partial charge in [0.25, 0.3) is 15.9 Å². The van der Waals surface area contributed by atoms with E-state index in [2.05, 4.69) is 10.0 Å². The normalized spacial score (nSPS) is 12.4. The predicted octanol–water partition coefficient (Wildman–Crippen LogP) is 3.78. The molecule has 1 aliphatic heterocycles. The highest BCUT2D eigenvalue weighted by molar-refractivity contribution is 7.92. The maximum atomic E-state index is 12.7. The zero-order chi connectivity index (χ0) is 20.4. The van der Waals surface area contributed by atoms with Gasteiger partial charge in [-0.2, -0.15) is 0 Å². The molecule has 0 fully saturated rings. The summed E-state index contributed by atoms with van der Waals surface area (Å²) in [5.74, 6) is 0.719. The molecule has 1 heterocycles. The zero-order valence-electron chi connectivity index (χ0n) is 15.5. The molecule has 3 aromatic carbocycles. The Hall–Kier alpha value is -3.52. The van der Waals surface area contributed by atoms with Gasteiger partial charge in [-0.05, 0) is 48.9 Å². The summed E-state index contributed by atoms with van der Waals surface area (Å²) in [7, 11) is -3.84. The molecule has 0 atom stereocenters. The Morgan fingerprint density at radius 1 is 0.931 bits per heavy atom. The number of hydrogen-bond acceptors (Lipinski definition) is 5. The van der Waals surface area contributed by atoms with Crippen LogP contribution in [-0.2, 0) is 10.0 Å². The lowest BCUT2D eigenvalue weighted by Crippen LogP contribution is -2.16. The minimum Gasteiger partial charge on any atom is -0.454 e. The van der Waals surface area contributed by atoms with E-state index < -0.39 is 15.9 Å². The molecule has 0 bridgehead atoms. The molecule has 29 heavy (non-hydrogen) atoms. The first-order valence-electron chi connectivity index (χ1n) is 8.82. The van der Waals surface area contributed by atoms with Crippen LogP contribution in [0.2, 0.25) is 0 Å². The third kappa shape index (κ3) is 4.02. The van der Waals surface area contributed by atoms with Crippen LogP contribution < -0.4 is 19.5 Å². The van der Waals surface area contributed by atoms with Gasteiger partial charge in [-0.1, -0.05) is 24.3 Å². The maximum Gasteiger partial charge on any atom is 0.261 e. The summed E-state index contributed by atoms with van der Waals surface area (Å²) >= 11 is 0. The SMILES string of the molecule is Cc1ccccc1NS(=O)(=O)c1cccc(C(=O)Nc2ccc3c(c2)OCO3)c1. The summed E-state index contributed by atoms with van der Waals surface area (Å²) < 4.78 is 38.6. The minimum absolute atomic E-state index is 0.000843. The lowest BCUT2D eigenvalue weighted by molar-refractivity contribution is 0.102. The van der Waals surface area contributed by atoms with E-state index in [1.165, 1.54) is 18.2 Å². The Morgan fingerprint density at radius 2 is 1.72 bits per heavy atom. The van der Waals surface area contributed by atoms with E-state index in [-0.39, 0.29) is 17.3 Å². The second kappa shape index (κ2) is 7.48. The van der Waals surface area contributed by atoms with Crippen molar-refractivity contribution in [1.29, 1.82) is 0 Å². The van der Waals surface area contributed by atoms with Crippen LogP contribution in [0.4, 0.5) is 11.4 Å². The second-order valence-electron chi connectivity index (χ2n) is 6.47. The predicted molar refractivity (Wildman–Crippen MR) is 109 cm³/mol. The first-order chi connectivity index (χ1) is 13.9. The summed E-state index contributed by atoms with van der Waals surface area (Å²) in [6, 6.07) is 18.0. The number of benzene rings is 3. The first kappa shape index (κ1) is 18.8. The lowest BCUT2D eigenvalue weighted by atomic mass is 10.2. The van der Waals surface area contributed by atoms with Gasteiger partial charge in [0.15, 0.2) is 11.5 Å². The molecule has 2 N–H and O–H groups in total. The molecule has 8 heteroatoms. The molecule has 4 rings (SSSR count). The van der Waals surface area contributed by atoms with Crippen molar-refractivity contribution in [1.82, 2.24) is 0 Å². The van der Waals surface area contributed by atoms with Gasteiger partial charge < -0.3 is 14.8 Å². The van der Waals surface area contributed by atoms with Crippen LogP contribution in [0.3, 0.4) is 0 Å². The standard InChI is InChI=1S/C21H18N2O5S/c1-14-5-2-3-8-18(14)23-29(25,26)17-7-4-6-15(11-17)21(24)22-16-9-10-19-20(12-16)28-13-27-19/h2-12,23H,13H2,1H3,(H,22,24). The van der Waals surface area contributed by atoms with E-state index in [0.29, 0.717) is 22.9 Å². The van der Waals surface area contributed by atoms with E-state index in [1.54, 1.807) is 36.4 Å². The molecule has 0 radical (unpaired) electrons. The number of nitrogens with one attached hydrogen (secondary N) is 2. The summed E-state index contributed by atoms with van der Waals surface area (Å²) in [6.45, 7) is 1.95. The van der Waals surface area contributed by atoms with Crippen LogP contribution >= 0.6 is 0 Å². The van der Waals surface area contributed by atoms with E-state index in [4.69, 9.17) is 9.47 Å². The molecule has 0 saturated carbocycles. The van der Waals surface area contributed by atoms with Gasteiger partial charge in [0.2, 0.25) is 6.79 Å². The molecular formula is C21H18N2O5S. The van der Waals surface area contributed by atoms with Crippen molar-refractivity contribution in [3.63, 3.8) is 0 Å². The van der Waals surface area contributed by atoms with E-state index in [1.807, 2.05) is 19.1 Å². The Balaban J connectivity index is 1.55. The molecule has 0 unspecified atom stereocenters. The molecule has 1 amide bonds. The smallest absolute Gasteiger partial charge is 0.261 e. The summed E-state index contributed by atoms with van der Waals surface area (Å²) in [5.41, 5.74) is 2.02. The number of carbonyl (C=O) groups excluding carboxylic acids is 1. The minimum atomic E-state index is -3.84. The van der Waals surface area contributed by atoms with Crippen LogP contribution in [0.5, 0.6) is 11.5 Å². The molecule has 0 aliphatic carbocycles. The van der Waals surface area contributed by atoms with Crippen LogP contribution in [0.1, 0.15) is 15.9 Å². The van der Waals surface area contributed by atoms with Crippen molar-refractivity contribution in [2.24, 2.45) is 0 Å². The highest BCUT2D eigenvalue weighted by Gasteiger charge is 2.18. The van der Waals surface area contributed by atoms with Gasteiger partial charge in [0.05, 0.1) is 10.6 Å². The molecule has 0 saturated heterocycles. The number of fused-ring (bicyclic) bond motifs is 1. The van der Waals surface area contributed by atoms with Gasteiger partial charge in [0.1, 0.15) is 0 Å². The third-order valence-electron chi connectivity index (χ3n) is 4.43. The molecular weight excluding hydrogens is 392 g/mol. The number of hydrogen-bond donors (Lipinski definition) is 2. The number of amides is 1. The molecule has 0 spiro atoms. The van der Waals surface area contributed by atoms with Crippen molar-refractivity contribution >= 4 is 27.3 Å². The molecule has 3 aromatic rings. The summed E-state index contributed by atoms with van der Waals surface area (Å²) in [5, 5.41) is 2.74. The van der Waals surface area contributed by atoms with Crippen LogP contribution in [0.15, 0.2) is 71.6 Å². The Labute approximate surface area is 168 Å². The summed E-state index contributed by atoms with van der Waals surface area (Å²) in [4.78, 5) is 12.6. The van der Waals surface area contributed by atoms with Crippen molar-refractivity contribution in [2.75, 3.05) is 16.8 Å². The molecule has 7 nitrogen and oxygen atoms in total. The van der Waals surface area contributed by atoms with Gasteiger partial charge in [0, 0.05) is 17.3 Å². The third-order valence-corrected chi connectivity index (χ3v) is 5.79. The lowest BCUT2D eigenvalue weighted by Gasteiger charge is -2.11. The number of sulfonamides is 1. The van der Waals surface area contributed by atoms with E-state index >= 15 is 0 Å². The van der Waals surface area contributed by atoms with E-state index in [9.17, 15) is 13.2 Å². The second-order valence-corrected chi connectivity index (χ2v) is 8.15. The molecule has 1 aliphatic rings. The highest BCUT2D eigenvalue weighted by Crippen LogP contribution is 2.34. The van der Waals surface area contributed by atoms with Crippen molar-refractivity contribution < 1.29 is 22.7 Å². The Bertz CT molecular complexity index is 1190. The van der Waals surface area contributed by atoms with Crippen LogP contribution in [0.25, 0.3) is 0 Å².